The molecule has 0 bridgehead atoms. The van der Waals surface area contributed by atoms with Crippen LogP contribution in [-0.2, 0) is 6.18 Å². The van der Waals surface area contributed by atoms with E-state index in [4.69, 9.17) is 0 Å². The Morgan fingerprint density at radius 2 is 1.89 bits per heavy atom. The maximum atomic E-state index is 12.6. The van der Waals surface area contributed by atoms with Crippen LogP contribution in [0.2, 0.25) is 0 Å². The standard InChI is InChI=1S/C13H17F3N2O/c1-9-6-10(8-11(7-9)13(14,15)16)12(19)17-4-5-18(2)3/h6-8H,4-5H2,1-3H3,(H,17,19). The average Bonchev–Trinajstić information content (AvgIpc) is 2.26. The largest absolute Gasteiger partial charge is 0.416 e. The van der Waals surface area contributed by atoms with E-state index in [1.54, 1.807) is 0 Å². The molecule has 19 heavy (non-hydrogen) atoms. The van der Waals surface area contributed by atoms with E-state index in [9.17, 15) is 18.0 Å². The molecule has 0 saturated heterocycles. The monoisotopic (exact) mass is 274 g/mol. The molecule has 0 aliphatic carbocycles. The molecule has 0 radical (unpaired) electrons. The Balaban J connectivity index is 2.83. The van der Waals surface area contributed by atoms with Gasteiger partial charge in [-0.2, -0.15) is 13.2 Å². The Bertz CT molecular complexity index is 456. The van der Waals surface area contributed by atoms with Crippen LogP contribution >= 0.6 is 0 Å². The van der Waals surface area contributed by atoms with E-state index >= 15 is 0 Å². The molecule has 1 N–H and O–H groups in total. The van der Waals surface area contributed by atoms with Gasteiger partial charge in [0.25, 0.3) is 5.91 Å². The molecule has 1 rings (SSSR count). The van der Waals surface area contributed by atoms with Crippen molar-refractivity contribution in [2.75, 3.05) is 27.2 Å². The van der Waals surface area contributed by atoms with E-state index in [1.165, 1.54) is 13.0 Å². The highest BCUT2D eigenvalue weighted by Crippen LogP contribution is 2.30. The van der Waals surface area contributed by atoms with Gasteiger partial charge < -0.3 is 10.2 Å². The Morgan fingerprint density at radius 1 is 1.26 bits per heavy atom. The lowest BCUT2D eigenvalue weighted by Crippen LogP contribution is -2.31. The number of hydrogen-bond acceptors (Lipinski definition) is 2. The number of hydrogen-bond donors (Lipinski definition) is 1. The lowest BCUT2D eigenvalue weighted by Gasteiger charge is -2.12. The first-order valence-electron chi connectivity index (χ1n) is 5.82. The summed E-state index contributed by atoms with van der Waals surface area (Å²) in [6.07, 6.45) is -4.44. The van der Waals surface area contributed by atoms with Crippen molar-refractivity contribution >= 4 is 5.91 Å². The van der Waals surface area contributed by atoms with Crippen molar-refractivity contribution in [1.82, 2.24) is 10.2 Å². The SMILES string of the molecule is Cc1cc(C(=O)NCCN(C)C)cc(C(F)(F)F)c1. The fourth-order valence-corrected chi connectivity index (χ4v) is 1.57. The maximum absolute atomic E-state index is 12.6. The molecule has 0 aliphatic heterocycles. The van der Waals surface area contributed by atoms with Gasteiger partial charge in [-0.25, -0.2) is 0 Å². The molecule has 6 heteroatoms. The Kier molecular flexibility index (Phi) is 4.94. The molecule has 0 unspecified atom stereocenters. The Hall–Kier alpha value is -1.56. The van der Waals surface area contributed by atoms with Crippen LogP contribution in [0, 0.1) is 6.92 Å². The normalized spacial score (nSPS) is 11.7. The van der Waals surface area contributed by atoms with Crippen LogP contribution in [0.1, 0.15) is 21.5 Å². The zero-order valence-corrected chi connectivity index (χ0v) is 11.1. The molecule has 0 saturated carbocycles. The number of carbonyl (C=O) groups excluding carboxylic acids is 1. The Morgan fingerprint density at radius 3 is 2.42 bits per heavy atom. The molecule has 1 amide bonds. The molecule has 3 nitrogen and oxygen atoms in total. The summed E-state index contributed by atoms with van der Waals surface area (Å²) in [7, 11) is 3.70. The zero-order chi connectivity index (χ0) is 14.6. The van der Waals surface area contributed by atoms with Crippen molar-refractivity contribution in [3.63, 3.8) is 0 Å². The van der Waals surface area contributed by atoms with Crippen molar-refractivity contribution in [2.45, 2.75) is 13.1 Å². The van der Waals surface area contributed by atoms with Crippen LogP contribution in [0.25, 0.3) is 0 Å². The van der Waals surface area contributed by atoms with Gasteiger partial charge in [0.05, 0.1) is 5.56 Å². The summed E-state index contributed by atoms with van der Waals surface area (Å²) < 4.78 is 37.9. The topological polar surface area (TPSA) is 32.3 Å². The van der Waals surface area contributed by atoms with Crippen LogP contribution < -0.4 is 5.32 Å². The highest BCUT2D eigenvalue weighted by atomic mass is 19.4. The third-order valence-electron chi connectivity index (χ3n) is 2.51. The van der Waals surface area contributed by atoms with E-state index in [0.29, 0.717) is 18.7 Å². The second-order valence-corrected chi connectivity index (χ2v) is 4.64. The van der Waals surface area contributed by atoms with Gasteiger partial charge in [0.15, 0.2) is 0 Å². The lowest BCUT2D eigenvalue weighted by atomic mass is 10.1. The molecular weight excluding hydrogens is 257 g/mol. The molecular formula is C13H17F3N2O. The summed E-state index contributed by atoms with van der Waals surface area (Å²) >= 11 is 0. The van der Waals surface area contributed by atoms with Gasteiger partial charge in [-0.1, -0.05) is 0 Å². The van der Waals surface area contributed by atoms with Gasteiger partial charge in [-0.15, -0.1) is 0 Å². The molecule has 0 spiro atoms. The first-order chi connectivity index (χ1) is 8.70. The summed E-state index contributed by atoms with van der Waals surface area (Å²) in [4.78, 5) is 13.6. The number of rotatable bonds is 4. The van der Waals surface area contributed by atoms with E-state index < -0.39 is 17.6 Å². The fraction of sp³-hybridized carbons (Fsp3) is 0.462. The predicted octanol–water partition coefficient (Wildman–Crippen LogP) is 2.31. The number of amides is 1. The van der Waals surface area contributed by atoms with Gasteiger partial charge in [0.1, 0.15) is 0 Å². The Labute approximate surface area is 110 Å². The number of alkyl halides is 3. The van der Waals surface area contributed by atoms with Crippen molar-refractivity contribution in [1.29, 1.82) is 0 Å². The van der Waals surface area contributed by atoms with Gasteiger partial charge in [0.2, 0.25) is 0 Å². The van der Waals surface area contributed by atoms with Crippen molar-refractivity contribution in [2.24, 2.45) is 0 Å². The summed E-state index contributed by atoms with van der Waals surface area (Å²) in [5, 5.41) is 2.59. The highest BCUT2D eigenvalue weighted by Gasteiger charge is 2.31. The third-order valence-corrected chi connectivity index (χ3v) is 2.51. The number of halogens is 3. The van der Waals surface area contributed by atoms with E-state index in [2.05, 4.69) is 5.32 Å². The summed E-state index contributed by atoms with van der Waals surface area (Å²) in [6, 6.07) is 3.34. The number of benzene rings is 1. The van der Waals surface area contributed by atoms with Crippen molar-refractivity contribution < 1.29 is 18.0 Å². The zero-order valence-electron chi connectivity index (χ0n) is 11.1. The molecule has 1 aromatic rings. The summed E-state index contributed by atoms with van der Waals surface area (Å²) in [5.41, 5.74) is -0.357. The summed E-state index contributed by atoms with van der Waals surface area (Å²) in [6.45, 7) is 2.55. The van der Waals surface area contributed by atoms with Crippen LogP contribution in [0.3, 0.4) is 0 Å². The van der Waals surface area contributed by atoms with Gasteiger partial charge >= 0.3 is 6.18 Å². The molecule has 0 fully saturated rings. The second kappa shape index (κ2) is 6.06. The van der Waals surface area contributed by atoms with Crippen molar-refractivity contribution in [3.05, 3.63) is 34.9 Å². The molecule has 0 aromatic heterocycles. The second-order valence-electron chi connectivity index (χ2n) is 4.64. The van der Waals surface area contributed by atoms with E-state index in [-0.39, 0.29) is 5.56 Å². The first kappa shape index (κ1) is 15.5. The smallest absolute Gasteiger partial charge is 0.351 e. The first-order valence-corrected chi connectivity index (χ1v) is 5.82. The molecule has 1 aromatic carbocycles. The average molecular weight is 274 g/mol. The van der Waals surface area contributed by atoms with Crippen LogP contribution in [0.15, 0.2) is 18.2 Å². The minimum absolute atomic E-state index is 0.0334. The highest BCUT2D eigenvalue weighted by molar-refractivity contribution is 5.94. The molecule has 0 heterocycles. The van der Waals surface area contributed by atoms with E-state index in [0.717, 1.165) is 12.1 Å². The number of aryl methyl sites for hydroxylation is 1. The number of nitrogens with zero attached hydrogens (tertiary/aromatic N) is 1. The van der Waals surface area contributed by atoms with Gasteiger partial charge in [-0.05, 0) is 44.8 Å². The van der Waals surface area contributed by atoms with Gasteiger partial charge in [-0.3, -0.25) is 4.79 Å². The van der Waals surface area contributed by atoms with Crippen LogP contribution in [-0.4, -0.2) is 38.0 Å². The van der Waals surface area contributed by atoms with E-state index in [1.807, 2.05) is 19.0 Å². The van der Waals surface area contributed by atoms with Crippen molar-refractivity contribution in [3.8, 4) is 0 Å². The fourth-order valence-electron chi connectivity index (χ4n) is 1.57. The minimum atomic E-state index is -4.44. The number of likely N-dealkylation sites (N-methyl/N-ethyl adjacent to an activating group) is 1. The number of carbonyl (C=O) groups is 1. The molecule has 0 aliphatic rings. The minimum Gasteiger partial charge on any atom is -0.351 e. The quantitative estimate of drug-likeness (QED) is 0.913. The van der Waals surface area contributed by atoms with Gasteiger partial charge in [0, 0.05) is 18.7 Å². The van der Waals surface area contributed by atoms with Crippen LogP contribution in [0.5, 0.6) is 0 Å². The van der Waals surface area contributed by atoms with Crippen LogP contribution in [0.4, 0.5) is 13.2 Å². The maximum Gasteiger partial charge on any atom is 0.416 e. The molecule has 106 valence electrons. The summed E-state index contributed by atoms with van der Waals surface area (Å²) in [5.74, 6) is -0.490. The predicted molar refractivity (Wildman–Crippen MR) is 67.1 cm³/mol. The molecule has 0 atom stereocenters. The number of nitrogens with one attached hydrogen (secondary N) is 1. The lowest BCUT2D eigenvalue weighted by molar-refractivity contribution is -0.137. The third kappa shape index (κ3) is 4.90.